The van der Waals surface area contributed by atoms with Gasteiger partial charge in [0.2, 0.25) is 0 Å². The Morgan fingerprint density at radius 2 is 1.87 bits per heavy atom. The second-order valence-electron chi connectivity index (χ2n) is 3.92. The summed E-state index contributed by atoms with van der Waals surface area (Å²) in [7, 11) is 0. The molecule has 1 N–H and O–H groups in total. The predicted octanol–water partition coefficient (Wildman–Crippen LogP) is 4.97. The maximum absolute atomic E-state index is 6.10. The molecule has 1 aliphatic rings. The van der Waals surface area contributed by atoms with Gasteiger partial charge in [-0.3, -0.25) is 0 Å². The topological polar surface area (TPSA) is 12.0 Å². The Morgan fingerprint density at radius 3 is 2.33 bits per heavy atom. The fraction of sp³-hybridized carbons (Fsp3) is 0.455. The van der Waals surface area contributed by atoms with E-state index in [-0.39, 0.29) is 0 Å². The van der Waals surface area contributed by atoms with Crippen LogP contribution in [0.25, 0.3) is 0 Å². The van der Waals surface area contributed by atoms with Crippen molar-refractivity contribution < 1.29 is 0 Å². The SMILES string of the molecule is Clc1cc(Br)cc(Cl)c1NCC1CCC1. The van der Waals surface area contributed by atoms with Crippen molar-refractivity contribution in [2.45, 2.75) is 19.3 Å². The molecule has 82 valence electrons. The van der Waals surface area contributed by atoms with E-state index in [9.17, 15) is 0 Å². The first kappa shape index (κ1) is 11.6. The summed E-state index contributed by atoms with van der Waals surface area (Å²) in [6.45, 7) is 0.973. The van der Waals surface area contributed by atoms with E-state index in [0.29, 0.717) is 10.0 Å². The van der Waals surface area contributed by atoms with Crippen molar-refractivity contribution in [3.05, 3.63) is 26.7 Å². The third-order valence-electron chi connectivity index (χ3n) is 2.80. The van der Waals surface area contributed by atoms with Crippen molar-refractivity contribution in [1.29, 1.82) is 0 Å². The molecular weight excluding hydrogens is 297 g/mol. The fourth-order valence-electron chi connectivity index (χ4n) is 1.65. The zero-order valence-electron chi connectivity index (χ0n) is 8.19. The van der Waals surface area contributed by atoms with Crippen LogP contribution in [0, 0.1) is 5.92 Å². The van der Waals surface area contributed by atoms with E-state index in [1.807, 2.05) is 12.1 Å². The molecule has 1 fully saturated rings. The molecule has 15 heavy (non-hydrogen) atoms. The lowest BCUT2D eigenvalue weighted by molar-refractivity contribution is 0.333. The van der Waals surface area contributed by atoms with Gasteiger partial charge < -0.3 is 5.32 Å². The summed E-state index contributed by atoms with van der Waals surface area (Å²) >= 11 is 15.6. The highest BCUT2D eigenvalue weighted by atomic mass is 79.9. The van der Waals surface area contributed by atoms with Crippen molar-refractivity contribution in [3.63, 3.8) is 0 Å². The van der Waals surface area contributed by atoms with Gasteiger partial charge in [0.05, 0.1) is 15.7 Å². The molecule has 0 aliphatic heterocycles. The number of halogens is 3. The Hall–Kier alpha value is 0.0800. The third-order valence-corrected chi connectivity index (χ3v) is 3.85. The predicted molar refractivity (Wildman–Crippen MR) is 70.0 cm³/mol. The van der Waals surface area contributed by atoms with Gasteiger partial charge in [-0.15, -0.1) is 0 Å². The van der Waals surface area contributed by atoms with Crippen LogP contribution >= 0.6 is 39.1 Å². The number of hydrogen-bond acceptors (Lipinski definition) is 1. The molecule has 0 aromatic heterocycles. The van der Waals surface area contributed by atoms with Crippen LogP contribution in [0.1, 0.15) is 19.3 Å². The Kier molecular flexibility index (Phi) is 3.81. The van der Waals surface area contributed by atoms with Gasteiger partial charge in [0.25, 0.3) is 0 Å². The van der Waals surface area contributed by atoms with E-state index < -0.39 is 0 Å². The molecule has 4 heteroatoms. The highest BCUT2D eigenvalue weighted by Crippen LogP contribution is 2.35. The van der Waals surface area contributed by atoms with E-state index in [1.54, 1.807) is 0 Å². The molecule has 0 radical (unpaired) electrons. The van der Waals surface area contributed by atoms with Crippen LogP contribution in [0.5, 0.6) is 0 Å². The Morgan fingerprint density at radius 1 is 1.27 bits per heavy atom. The summed E-state index contributed by atoms with van der Waals surface area (Å²) in [5, 5.41) is 4.68. The number of anilines is 1. The average molecular weight is 309 g/mol. The molecule has 0 atom stereocenters. The lowest BCUT2D eigenvalue weighted by Crippen LogP contribution is -2.21. The smallest absolute Gasteiger partial charge is 0.0719 e. The normalized spacial score (nSPS) is 16.2. The lowest BCUT2D eigenvalue weighted by atomic mass is 9.85. The summed E-state index contributed by atoms with van der Waals surface area (Å²) in [5.41, 5.74) is 0.855. The molecule has 1 saturated carbocycles. The highest BCUT2D eigenvalue weighted by molar-refractivity contribution is 9.10. The summed E-state index contributed by atoms with van der Waals surface area (Å²) < 4.78 is 0.909. The van der Waals surface area contributed by atoms with E-state index in [0.717, 1.165) is 22.6 Å². The fourth-order valence-corrected chi connectivity index (χ4v) is 3.00. The molecule has 1 aromatic carbocycles. The number of benzene rings is 1. The summed E-state index contributed by atoms with van der Waals surface area (Å²) in [4.78, 5) is 0. The van der Waals surface area contributed by atoms with Gasteiger partial charge in [-0.2, -0.15) is 0 Å². The first-order valence-electron chi connectivity index (χ1n) is 5.05. The van der Waals surface area contributed by atoms with Crippen LogP contribution in [0.15, 0.2) is 16.6 Å². The maximum Gasteiger partial charge on any atom is 0.0719 e. The van der Waals surface area contributed by atoms with Gasteiger partial charge in [-0.1, -0.05) is 45.6 Å². The Bertz CT molecular complexity index is 341. The molecule has 1 aliphatic carbocycles. The Labute approximate surface area is 108 Å². The molecule has 0 saturated heterocycles. The monoisotopic (exact) mass is 307 g/mol. The number of rotatable bonds is 3. The van der Waals surface area contributed by atoms with Crippen LogP contribution in [0.3, 0.4) is 0 Å². The minimum atomic E-state index is 0.675. The molecule has 0 heterocycles. The van der Waals surface area contributed by atoms with Crippen LogP contribution in [-0.4, -0.2) is 6.54 Å². The van der Waals surface area contributed by atoms with Gasteiger partial charge in [0.15, 0.2) is 0 Å². The number of hydrogen-bond donors (Lipinski definition) is 1. The van der Waals surface area contributed by atoms with Gasteiger partial charge in [0.1, 0.15) is 0 Å². The maximum atomic E-state index is 6.10. The first-order valence-corrected chi connectivity index (χ1v) is 6.60. The third kappa shape index (κ3) is 2.80. The second kappa shape index (κ2) is 4.94. The van der Waals surface area contributed by atoms with Crippen LogP contribution in [0.4, 0.5) is 5.69 Å². The van der Waals surface area contributed by atoms with Crippen molar-refractivity contribution in [2.75, 3.05) is 11.9 Å². The summed E-state index contributed by atoms with van der Waals surface area (Å²) in [5.74, 6) is 0.792. The molecule has 0 unspecified atom stereocenters. The minimum Gasteiger partial charge on any atom is -0.382 e. The van der Waals surface area contributed by atoms with E-state index >= 15 is 0 Å². The molecule has 0 spiro atoms. The summed E-state index contributed by atoms with van der Waals surface area (Å²) in [6, 6.07) is 3.72. The molecule has 1 aromatic rings. The molecule has 1 nitrogen and oxygen atoms in total. The van der Waals surface area contributed by atoms with Crippen molar-refractivity contribution in [1.82, 2.24) is 0 Å². The second-order valence-corrected chi connectivity index (χ2v) is 5.65. The van der Waals surface area contributed by atoms with Crippen molar-refractivity contribution in [3.8, 4) is 0 Å². The molecule has 0 amide bonds. The van der Waals surface area contributed by atoms with E-state index in [2.05, 4.69) is 21.2 Å². The van der Waals surface area contributed by atoms with Gasteiger partial charge in [0, 0.05) is 11.0 Å². The van der Waals surface area contributed by atoms with Gasteiger partial charge >= 0.3 is 0 Å². The van der Waals surface area contributed by atoms with Crippen molar-refractivity contribution >= 4 is 44.8 Å². The summed E-state index contributed by atoms with van der Waals surface area (Å²) in [6.07, 6.45) is 3.99. The van der Waals surface area contributed by atoms with Crippen LogP contribution in [-0.2, 0) is 0 Å². The Balaban J connectivity index is 2.05. The lowest BCUT2D eigenvalue weighted by Gasteiger charge is -2.26. The van der Waals surface area contributed by atoms with E-state index in [1.165, 1.54) is 19.3 Å². The van der Waals surface area contributed by atoms with Crippen LogP contribution in [0.2, 0.25) is 10.0 Å². The largest absolute Gasteiger partial charge is 0.382 e. The quantitative estimate of drug-likeness (QED) is 0.831. The van der Waals surface area contributed by atoms with Crippen LogP contribution < -0.4 is 5.32 Å². The van der Waals surface area contributed by atoms with Crippen molar-refractivity contribution in [2.24, 2.45) is 5.92 Å². The zero-order chi connectivity index (χ0) is 10.8. The molecule has 2 rings (SSSR count). The van der Waals surface area contributed by atoms with Gasteiger partial charge in [-0.25, -0.2) is 0 Å². The first-order chi connectivity index (χ1) is 7.16. The zero-order valence-corrected chi connectivity index (χ0v) is 11.3. The van der Waals surface area contributed by atoms with E-state index in [4.69, 9.17) is 23.2 Å². The molecular formula is C11H12BrCl2N. The minimum absolute atomic E-state index is 0.675. The average Bonchev–Trinajstić information content (AvgIpc) is 2.06. The number of nitrogens with one attached hydrogen (secondary N) is 1. The standard InChI is InChI=1S/C11H12BrCl2N/c12-8-4-9(13)11(10(14)5-8)15-6-7-2-1-3-7/h4-5,7,15H,1-3,6H2. The molecule has 0 bridgehead atoms. The van der Waals surface area contributed by atoms with Gasteiger partial charge in [-0.05, 0) is 30.9 Å². The highest BCUT2D eigenvalue weighted by Gasteiger charge is 2.17.